The molecule has 4 atom stereocenters. The Morgan fingerprint density at radius 1 is 1.18 bits per heavy atom. The van der Waals surface area contributed by atoms with E-state index in [-0.39, 0.29) is 57.7 Å². The molecule has 28 heavy (non-hydrogen) atoms. The lowest BCUT2D eigenvalue weighted by molar-refractivity contribution is -0.00105. The molecule has 2 N–H and O–H groups in total. The van der Waals surface area contributed by atoms with E-state index in [9.17, 15) is 19.8 Å². The van der Waals surface area contributed by atoms with Crippen LogP contribution in [0.3, 0.4) is 0 Å². The van der Waals surface area contributed by atoms with Crippen molar-refractivity contribution >= 4 is 12.1 Å². The van der Waals surface area contributed by atoms with Crippen LogP contribution in [-0.4, -0.2) is 28.4 Å². The third-order valence-corrected chi connectivity index (χ3v) is 8.23. The summed E-state index contributed by atoms with van der Waals surface area (Å²) in [6.07, 6.45) is 3.19. The molecule has 4 rings (SSSR count). The van der Waals surface area contributed by atoms with Gasteiger partial charge in [-0.2, -0.15) is 0 Å². The van der Waals surface area contributed by atoms with Crippen LogP contribution >= 0.6 is 0 Å². The zero-order valence-corrected chi connectivity index (χ0v) is 17.3. The smallest absolute Gasteiger partial charge is 0.170 e. The van der Waals surface area contributed by atoms with Gasteiger partial charge in [-0.3, -0.25) is 9.59 Å². The van der Waals surface area contributed by atoms with Crippen molar-refractivity contribution in [2.45, 2.75) is 66.4 Å². The first kappa shape index (κ1) is 19.3. The van der Waals surface area contributed by atoms with Crippen LogP contribution in [0.5, 0.6) is 17.2 Å². The molecule has 0 aromatic heterocycles. The molecule has 1 heterocycles. The molecule has 2 saturated carbocycles. The van der Waals surface area contributed by atoms with Gasteiger partial charge in [-0.25, -0.2) is 0 Å². The van der Waals surface area contributed by atoms with Gasteiger partial charge in [0.15, 0.2) is 12.1 Å². The van der Waals surface area contributed by atoms with Crippen LogP contribution in [0.25, 0.3) is 0 Å². The molecule has 3 aliphatic rings. The molecule has 1 aliphatic heterocycles. The molecule has 0 amide bonds. The second-order valence-electron chi connectivity index (χ2n) is 10.1. The Morgan fingerprint density at radius 3 is 2.43 bits per heavy atom. The Morgan fingerprint density at radius 2 is 1.86 bits per heavy atom. The number of hydrogen-bond acceptors (Lipinski definition) is 5. The number of rotatable bonds is 4. The van der Waals surface area contributed by atoms with E-state index in [0.29, 0.717) is 30.1 Å². The summed E-state index contributed by atoms with van der Waals surface area (Å²) in [5.41, 5.74) is 0.377. The summed E-state index contributed by atoms with van der Waals surface area (Å²) >= 11 is 0. The number of fused-ring (bicyclic) bond motifs is 2. The molecule has 1 aromatic rings. The summed E-state index contributed by atoms with van der Waals surface area (Å²) < 4.78 is 6.36. The van der Waals surface area contributed by atoms with Crippen LogP contribution < -0.4 is 4.74 Å². The van der Waals surface area contributed by atoms with Crippen LogP contribution in [0, 0.1) is 28.6 Å². The van der Waals surface area contributed by atoms with Crippen molar-refractivity contribution < 1.29 is 24.5 Å². The predicted octanol–water partition coefficient (Wildman–Crippen LogP) is 4.51. The summed E-state index contributed by atoms with van der Waals surface area (Å²) in [7, 11) is 0. The van der Waals surface area contributed by atoms with Crippen molar-refractivity contribution in [3.63, 3.8) is 0 Å². The number of ether oxygens (including phenoxy) is 1. The molecular formula is C23H30O5. The Balaban J connectivity index is 1.89. The Kier molecular flexibility index (Phi) is 4.12. The molecular weight excluding hydrogens is 356 g/mol. The third kappa shape index (κ3) is 2.25. The fraction of sp³-hybridized carbons (Fsp3) is 0.652. The number of Topliss-reactive ketones (excluding diaryl/α,β-unsaturated/α-hetero) is 1. The Hall–Kier alpha value is -2.04. The number of hydrogen-bond donors (Lipinski definition) is 2. The highest BCUT2D eigenvalue weighted by molar-refractivity contribution is 6.05. The van der Waals surface area contributed by atoms with E-state index in [1.807, 2.05) is 13.8 Å². The summed E-state index contributed by atoms with van der Waals surface area (Å²) in [5, 5.41) is 21.7. The first-order valence-corrected chi connectivity index (χ1v) is 10.3. The number of phenols is 2. The molecule has 152 valence electrons. The maximum atomic E-state index is 12.7. The fourth-order valence-electron chi connectivity index (χ4n) is 6.22. The quantitative estimate of drug-likeness (QED) is 0.587. The number of carbonyl (C=O) groups is 2. The highest BCUT2D eigenvalue weighted by Gasteiger charge is 2.68. The molecule has 2 aliphatic carbocycles. The first-order valence-electron chi connectivity index (χ1n) is 10.3. The molecule has 2 bridgehead atoms. The summed E-state index contributed by atoms with van der Waals surface area (Å²) in [4.78, 5) is 24.6. The van der Waals surface area contributed by atoms with E-state index in [1.54, 1.807) is 0 Å². The SMILES string of the molecule is CC(C)CC(=O)c1c(O)c(C=O)c2c(c1O)C[C@H]1C[C@H]3C[C@@H](O2)[C@]1(C)C3(C)C. The molecule has 5 nitrogen and oxygen atoms in total. The third-order valence-electron chi connectivity index (χ3n) is 8.23. The first-order chi connectivity index (χ1) is 13.0. The lowest BCUT2D eigenvalue weighted by Gasteiger charge is -2.42. The van der Waals surface area contributed by atoms with Gasteiger partial charge in [0.2, 0.25) is 0 Å². The lowest BCUT2D eigenvalue weighted by Crippen LogP contribution is -2.43. The minimum atomic E-state index is -0.454. The number of phenolic OH excluding ortho intramolecular Hbond substituents is 2. The number of aromatic hydroxyl groups is 2. The van der Waals surface area contributed by atoms with E-state index in [4.69, 9.17) is 4.74 Å². The van der Waals surface area contributed by atoms with Gasteiger partial charge < -0.3 is 14.9 Å². The molecule has 0 radical (unpaired) electrons. The van der Waals surface area contributed by atoms with Crippen molar-refractivity contribution in [3.05, 3.63) is 16.7 Å². The molecule has 0 spiro atoms. The van der Waals surface area contributed by atoms with E-state index < -0.39 is 5.75 Å². The van der Waals surface area contributed by atoms with Crippen molar-refractivity contribution in [1.82, 2.24) is 0 Å². The van der Waals surface area contributed by atoms with Crippen LogP contribution in [0.2, 0.25) is 0 Å². The monoisotopic (exact) mass is 386 g/mol. The molecule has 5 heteroatoms. The van der Waals surface area contributed by atoms with E-state index in [1.165, 1.54) is 0 Å². The number of benzene rings is 1. The van der Waals surface area contributed by atoms with Gasteiger partial charge in [0.25, 0.3) is 0 Å². The minimum absolute atomic E-state index is 0.00828. The van der Waals surface area contributed by atoms with E-state index in [0.717, 1.165) is 12.8 Å². The zero-order valence-electron chi connectivity index (χ0n) is 17.3. The maximum Gasteiger partial charge on any atom is 0.170 e. The van der Waals surface area contributed by atoms with Gasteiger partial charge in [-0.05, 0) is 42.4 Å². The number of carbonyl (C=O) groups excluding carboxylic acids is 2. The van der Waals surface area contributed by atoms with Crippen molar-refractivity contribution in [1.29, 1.82) is 0 Å². The second-order valence-corrected chi connectivity index (χ2v) is 10.1. The van der Waals surface area contributed by atoms with E-state index in [2.05, 4.69) is 20.8 Å². The van der Waals surface area contributed by atoms with Crippen LogP contribution in [-0.2, 0) is 6.42 Å². The highest BCUT2D eigenvalue weighted by atomic mass is 16.5. The Bertz CT molecular complexity index is 868. The van der Waals surface area contributed by atoms with Crippen molar-refractivity contribution in [2.24, 2.45) is 28.6 Å². The van der Waals surface area contributed by atoms with Gasteiger partial charge in [0.05, 0.1) is 5.56 Å². The number of ketones is 1. The minimum Gasteiger partial charge on any atom is -0.507 e. The normalized spacial score (nSPS) is 32.0. The average molecular weight is 386 g/mol. The summed E-state index contributed by atoms with van der Waals surface area (Å²) in [6, 6.07) is 0. The van der Waals surface area contributed by atoms with Crippen LogP contribution in [0.1, 0.15) is 80.2 Å². The fourth-order valence-corrected chi connectivity index (χ4v) is 6.22. The van der Waals surface area contributed by atoms with Crippen LogP contribution in [0.15, 0.2) is 0 Å². The maximum absolute atomic E-state index is 12.7. The predicted molar refractivity (Wildman–Crippen MR) is 105 cm³/mol. The molecule has 0 saturated heterocycles. The van der Waals surface area contributed by atoms with Crippen molar-refractivity contribution in [3.8, 4) is 17.2 Å². The highest BCUT2D eigenvalue weighted by Crippen LogP contribution is 2.71. The van der Waals surface area contributed by atoms with Gasteiger partial charge in [-0.1, -0.05) is 34.6 Å². The van der Waals surface area contributed by atoms with Gasteiger partial charge in [0, 0.05) is 17.4 Å². The van der Waals surface area contributed by atoms with Crippen molar-refractivity contribution in [2.75, 3.05) is 0 Å². The van der Waals surface area contributed by atoms with Gasteiger partial charge in [-0.15, -0.1) is 0 Å². The standard InChI is InChI=1S/C23H30O5/c1-11(2)6-16(25)18-19(26)14-8-13-7-12-9-17(23(13,5)22(12,3)4)28-21(14)15(10-24)20(18)27/h10-13,17,26-27H,6-9H2,1-5H3/t12-,13+,17+,23+/m0/s1. The second kappa shape index (κ2) is 5.98. The van der Waals surface area contributed by atoms with E-state index >= 15 is 0 Å². The summed E-state index contributed by atoms with van der Waals surface area (Å²) in [5.74, 6) is 0.157. The number of aldehydes is 1. The van der Waals surface area contributed by atoms with Gasteiger partial charge >= 0.3 is 0 Å². The largest absolute Gasteiger partial charge is 0.507 e. The topological polar surface area (TPSA) is 83.8 Å². The molecule has 2 fully saturated rings. The summed E-state index contributed by atoms with van der Waals surface area (Å²) in [6.45, 7) is 10.6. The zero-order chi connectivity index (χ0) is 20.6. The Labute approximate surface area is 166 Å². The van der Waals surface area contributed by atoms with Gasteiger partial charge in [0.1, 0.15) is 28.9 Å². The molecule has 1 aromatic carbocycles. The van der Waals surface area contributed by atoms with Crippen LogP contribution in [0.4, 0.5) is 0 Å². The molecule has 0 unspecified atom stereocenters. The average Bonchev–Trinajstić information content (AvgIpc) is 2.87. The lowest BCUT2D eigenvalue weighted by atomic mass is 9.64.